The van der Waals surface area contributed by atoms with Gasteiger partial charge in [0.1, 0.15) is 5.75 Å². The number of unbranched alkanes of at least 4 members (excludes halogenated alkanes) is 1. The predicted molar refractivity (Wildman–Crippen MR) is 95.1 cm³/mol. The molecule has 0 unspecified atom stereocenters. The Morgan fingerprint density at radius 2 is 1.79 bits per heavy atom. The van der Waals surface area contributed by atoms with E-state index in [0.717, 1.165) is 24.2 Å². The van der Waals surface area contributed by atoms with Crippen LogP contribution < -0.4 is 10.1 Å². The quantitative estimate of drug-likeness (QED) is 0.482. The van der Waals surface area contributed by atoms with E-state index in [1.165, 1.54) is 0 Å². The molecule has 0 aliphatic rings. The normalized spacial score (nSPS) is 11.2. The van der Waals surface area contributed by atoms with Crippen LogP contribution >= 0.6 is 0 Å². The van der Waals surface area contributed by atoms with Gasteiger partial charge in [0, 0.05) is 18.7 Å². The van der Waals surface area contributed by atoms with Gasteiger partial charge in [-0.2, -0.15) is 0 Å². The molecule has 0 fully saturated rings. The van der Waals surface area contributed by atoms with E-state index in [9.17, 15) is 9.90 Å². The minimum atomic E-state index is -0.834. The highest BCUT2D eigenvalue weighted by molar-refractivity contribution is 5.92. The zero-order valence-electron chi connectivity index (χ0n) is 14.9. The summed E-state index contributed by atoms with van der Waals surface area (Å²) in [7, 11) is 0. The topological polar surface area (TPSA) is 67.8 Å². The number of nitrogens with one attached hydrogen (secondary N) is 1. The summed E-state index contributed by atoms with van der Waals surface area (Å²) in [6, 6.07) is 7.48. The summed E-state index contributed by atoms with van der Waals surface area (Å²) in [5, 5.41) is 12.6. The van der Waals surface area contributed by atoms with E-state index in [2.05, 4.69) is 11.9 Å². The maximum atomic E-state index is 11.2. The fourth-order valence-corrected chi connectivity index (χ4v) is 1.94. The first-order chi connectivity index (χ1) is 11.3. The number of hydrogen-bond donors (Lipinski definition) is 2. The SMILES string of the molecule is C=C(C)C(=O)NCCOCCCCOc1ccc(C(C)(C)O)cc1. The first-order valence-electron chi connectivity index (χ1n) is 8.28. The highest BCUT2D eigenvalue weighted by Gasteiger charge is 2.15. The molecule has 0 saturated heterocycles. The van der Waals surface area contributed by atoms with E-state index in [0.29, 0.717) is 31.9 Å². The smallest absolute Gasteiger partial charge is 0.246 e. The van der Waals surface area contributed by atoms with Gasteiger partial charge in [0.15, 0.2) is 0 Å². The van der Waals surface area contributed by atoms with E-state index in [1.54, 1.807) is 20.8 Å². The first-order valence-corrected chi connectivity index (χ1v) is 8.28. The lowest BCUT2D eigenvalue weighted by Gasteiger charge is -2.17. The van der Waals surface area contributed by atoms with Crippen LogP contribution in [-0.4, -0.2) is 37.4 Å². The van der Waals surface area contributed by atoms with Crippen molar-refractivity contribution >= 4 is 5.91 Å². The minimum absolute atomic E-state index is 0.136. The molecule has 0 aromatic heterocycles. The molecular weight excluding hydrogens is 306 g/mol. The average molecular weight is 335 g/mol. The van der Waals surface area contributed by atoms with Gasteiger partial charge in [-0.15, -0.1) is 0 Å². The Hall–Kier alpha value is -1.85. The monoisotopic (exact) mass is 335 g/mol. The summed E-state index contributed by atoms with van der Waals surface area (Å²) in [4.78, 5) is 11.2. The van der Waals surface area contributed by atoms with Crippen molar-refractivity contribution in [2.24, 2.45) is 0 Å². The molecule has 0 spiro atoms. The standard InChI is InChI=1S/C19H29NO4/c1-15(2)18(21)20-11-14-23-12-5-6-13-24-17-9-7-16(8-10-17)19(3,4)22/h7-10,22H,1,5-6,11-14H2,2-4H3,(H,20,21). The van der Waals surface area contributed by atoms with E-state index in [-0.39, 0.29) is 5.91 Å². The Bertz CT molecular complexity index is 517. The third kappa shape index (κ3) is 8.13. The second-order valence-corrected chi connectivity index (χ2v) is 6.29. The molecule has 2 N–H and O–H groups in total. The van der Waals surface area contributed by atoms with Gasteiger partial charge in [0.25, 0.3) is 0 Å². The van der Waals surface area contributed by atoms with Crippen LogP contribution in [0.4, 0.5) is 0 Å². The molecule has 5 nitrogen and oxygen atoms in total. The fourth-order valence-electron chi connectivity index (χ4n) is 1.94. The van der Waals surface area contributed by atoms with Crippen LogP contribution in [-0.2, 0) is 15.1 Å². The third-order valence-corrected chi connectivity index (χ3v) is 3.43. The zero-order valence-corrected chi connectivity index (χ0v) is 14.9. The summed E-state index contributed by atoms with van der Waals surface area (Å²) in [6.07, 6.45) is 1.79. The highest BCUT2D eigenvalue weighted by atomic mass is 16.5. The Labute approximate surface area is 144 Å². The summed E-state index contributed by atoms with van der Waals surface area (Å²) in [5.41, 5.74) is 0.532. The predicted octanol–water partition coefficient (Wildman–Crippen LogP) is 2.78. The van der Waals surface area contributed by atoms with Gasteiger partial charge in [-0.1, -0.05) is 18.7 Å². The van der Waals surface area contributed by atoms with Gasteiger partial charge in [0.2, 0.25) is 5.91 Å². The number of ether oxygens (including phenoxy) is 2. The molecular formula is C19H29NO4. The second kappa shape index (κ2) is 10.1. The number of benzene rings is 1. The summed E-state index contributed by atoms with van der Waals surface area (Å²) in [6.45, 7) is 11.0. The molecule has 0 heterocycles. The van der Waals surface area contributed by atoms with Gasteiger partial charge < -0.3 is 19.9 Å². The van der Waals surface area contributed by atoms with Crippen molar-refractivity contribution in [1.82, 2.24) is 5.32 Å². The zero-order chi connectivity index (χ0) is 18.0. The van der Waals surface area contributed by atoms with E-state index in [1.807, 2.05) is 24.3 Å². The van der Waals surface area contributed by atoms with Crippen molar-refractivity contribution in [3.8, 4) is 5.75 Å². The van der Waals surface area contributed by atoms with Gasteiger partial charge >= 0.3 is 0 Å². The van der Waals surface area contributed by atoms with Crippen LogP contribution in [0.3, 0.4) is 0 Å². The number of carbonyl (C=O) groups is 1. The van der Waals surface area contributed by atoms with Crippen LogP contribution in [0.25, 0.3) is 0 Å². The number of rotatable bonds is 11. The van der Waals surface area contributed by atoms with Crippen molar-refractivity contribution in [2.45, 2.75) is 39.2 Å². The van der Waals surface area contributed by atoms with Crippen molar-refractivity contribution in [1.29, 1.82) is 0 Å². The maximum absolute atomic E-state index is 11.2. The second-order valence-electron chi connectivity index (χ2n) is 6.29. The Morgan fingerprint density at radius 1 is 1.17 bits per heavy atom. The lowest BCUT2D eigenvalue weighted by atomic mass is 9.99. The summed E-state index contributed by atoms with van der Waals surface area (Å²) < 4.78 is 11.1. The average Bonchev–Trinajstić information content (AvgIpc) is 2.52. The number of carbonyl (C=O) groups excluding carboxylic acids is 1. The molecule has 1 amide bonds. The van der Waals surface area contributed by atoms with Crippen LogP contribution in [0.5, 0.6) is 5.75 Å². The Kier molecular flexibility index (Phi) is 8.50. The molecule has 24 heavy (non-hydrogen) atoms. The van der Waals surface area contributed by atoms with Crippen molar-refractivity contribution in [3.63, 3.8) is 0 Å². The third-order valence-electron chi connectivity index (χ3n) is 3.43. The van der Waals surface area contributed by atoms with Crippen molar-refractivity contribution < 1.29 is 19.4 Å². The molecule has 1 aromatic rings. The van der Waals surface area contributed by atoms with Crippen molar-refractivity contribution in [2.75, 3.05) is 26.4 Å². The lowest BCUT2D eigenvalue weighted by Crippen LogP contribution is -2.27. The van der Waals surface area contributed by atoms with E-state index < -0.39 is 5.60 Å². The maximum Gasteiger partial charge on any atom is 0.246 e. The molecule has 134 valence electrons. The summed E-state index contributed by atoms with van der Waals surface area (Å²) in [5.74, 6) is 0.661. The summed E-state index contributed by atoms with van der Waals surface area (Å²) >= 11 is 0. The van der Waals surface area contributed by atoms with Crippen LogP contribution in [0.15, 0.2) is 36.4 Å². The highest BCUT2D eigenvalue weighted by Crippen LogP contribution is 2.22. The molecule has 0 atom stereocenters. The van der Waals surface area contributed by atoms with Gasteiger partial charge in [-0.3, -0.25) is 4.79 Å². The largest absolute Gasteiger partial charge is 0.494 e. The molecule has 0 aliphatic heterocycles. The lowest BCUT2D eigenvalue weighted by molar-refractivity contribution is -0.117. The number of hydrogen-bond acceptors (Lipinski definition) is 4. The molecule has 0 saturated carbocycles. The molecule has 0 bridgehead atoms. The van der Waals surface area contributed by atoms with E-state index >= 15 is 0 Å². The first kappa shape index (κ1) is 20.2. The molecule has 5 heteroatoms. The van der Waals surface area contributed by atoms with Crippen LogP contribution in [0.2, 0.25) is 0 Å². The van der Waals surface area contributed by atoms with E-state index in [4.69, 9.17) is 9.47 Å². The number of amides is 1. The van der Waals surface area contributed by atoms with Crippen LogP contribution in [0, 0.1) is 0 Å². The molecule has 1 rings (SSSR count). The van der Waals surface area contributed by atoms with Crippen molar-refractivity contribution in [3.05, 3.63) is 42.0 Å². The minimum Gasteiger partial charge on any atom is -0.494 e. The van der Waals surface area contributed by atoms with Gasteiger partial charge in [-0.05, 0) is 51.3 Å². The fraction of sp³-hybridized carbons (Fsp3) is 0.526. The molecule has 0 radical (unpaired) electrons. The molecule has 0 aliphatic carbocycles. The Balaban J connectivity index is 2.04. The van der Waals surface area contributed by atoms with Gasteiger partial charge in [0.05, 0.1) is 18.8 Å². The Morgan fingerprint density at radius 3 is 2.38 bits per heavy atom. The molecule has 1 aromatic carbocycles. The van der Waals surface area contributed by atoms with Crippen LogP contribution in [0.1, 0.15) is 39.2 Å². The van der Waals surface area contributed by atoms with Gasteiger partial charge in [-0.25, -0.2) is 0 Å². The number of aliphatic hydroxyl groups is 1.